The maximum absolute atomic E-state index is 5.99. The van der Waals surface area contributed by atoms with Gasteiger partial charge in [0, 0.05) is 17.6 Å². The summed E-state index contributed by atoms with van der Waals surface area (Å²) in [5.74, 6) is 1.27. The van der Waals surface area contributed by atoms with Crippen molar-refractivity contribution in [2.24, 2.45) is 5.73 Å². The molecule has 2 rings (SSSR count). The Morgan fingerprint density at radius 3 is 2.71 bits per heavy atom. The second-order valence-corrected chi connectivity index (χ2v) is 4.12. The molecule has 17 heavy (non-hydrogen) atoms. The van der Waals surface area contributed by atoms with Crippen LogP contribution >= 0.6 is 11.6 Å². The second-order valence-electron chi connectivity index (χ2n) is 3.68. The van der Waals surface area contributed by atoms with Gasteiger partial charge in [-0.3, -0.25) is 0 Å². The van der Waals surface area contributed by atoms with E-state index in [9.17, 15) is 0 Å². The molecule has 2 N–H and O–H groups in total. The molecule has 0 fully saturated rings. The Labute approximate surface area is 104 Å². The molecule has 0 unspecified atom stereocenters. The van der Waals surface area contributed by atoms with E-state index in [2.05, 4.69) is 5.16 Å². The van der Waals surface area contributed by atoms with Crippen LogP contribution in [0.5, 0.6) is 5.75 Å². The van der Waals surface area contributed by atoms with E-state index in [-0.39, 0.29) is 0 Å². The number of rotatable bonds is 3. The highest BCUT2D eigenvalue weighted by Crippen LogP contribution is 2.36. The molecule has 0 aliphatic rings. The molecule has 90 valence electrons. The van der Waals surface area contributed by atoms with Crippen LogP contribution in [0.15, 0.2) is 22.7 Å². The minimum atomic E-state index is 0.353. The lowest BCUT2D eigenvalue weighted by Gasteiger charge is -2.11. The first-order valence-electron chi connectivity index (χ1n) is 5.16. The first-order chi connectivity index (χ1) is 8.15. The summed E-state index contributed by atoms with van der Waals surface area (Å²) in [5.41, 5.74) is 8.19. The molecule has 0 saturated heterocycles. The molecule has 1 aromatic carbocycles. The van der Waals surface area contributed by atoms with E-state index in [4.69, 9.17) is 26.6 Å². The summed E-state index contributed by atoms with van der Waals surface area (Å²) in [6.07, 6.45) is 0. The fourth-order valence-corrected chi connectivity index (χ4v) is 1.95. The van der Waals surface area contributed by atoms with Gasteiger partial charge in [-0.15, -0.1) is 0 Å². The lowest BCUT2D eigenvalue weighted by Crippen LogP contribution is -2.01. The Bertz CT molecular complexity index is 512. The molecular formula is C12H13ClN2O2. The van der Waals surface area contributed by atoms with Crippen molar-refractivity contribution in [1.29, 1.82) is 0 Å². The number of hydrogen-bond donors (Lipinski definition) is 1. The van der Waals surface area contributed by atoms with Crippen LogP contribution in [0, 0.1) is 6.92 Å². The number of aromatic nitrogens is 1. The van der Waals surface area contributed by atoms with Crippen LogP contribution in [-0.4, -0.2) is 12.3 Å². The Kier molecular flexibility index (Phi) is 3.36. The maximum atomic E-state index is 5.99. The Hall–Kier alpha value is -1.52. The number of methoxy groups -OCH3 is 1. The van der Waals surface area contributed by atoms with Crippen LogP contribution in [-0.2, 0) is 6.54 Å². The highest BCUT2D eigenvalue weighted by Gasteiger charge is 2.16. The fourth-order valence-electron chi connectivity index (χ4n) is 1.72. The summed E-state index contributed by atoms with van der Waals surface area (Å²) < 4.78 is 10.6. The molecule has 0 saturated carbocycles. The van der Waals surface area contributed by atoms with Crippen molar-refractivity contribution in [3.8, 4) is 17.1 Å². The zero-order chi connectivity index (χ0) is 12.4. The smallest absolute Gasteiger partial charge is 0.171 e. The van der Waals surface area contributed by atoms with E-state index in [0.29, 0.717) is 23.1 Å². The number of nitrogens with two attached hydrogens (primary N) is 1. The fraction of sp³-hybridized carbons (Fsp3) is 0.250. The first kappa shape index (κ1) is 12.0. The summed E-state index contributed by atoms with van der Waals surface area (Å²) >= 11 is 5.99. The summed E-state index contributed by atoms with van der Waals surface area (Å²) in [5, 5.41) is 4.45. The van der Waals surface area contributed by atoms with Crippen LogP contribution in [0.3, 0.4) is 0 Å². The number of hydrogen-bond acceptors (Lipinski definition) is 4. The van der Waals surface area contributed by atoms with Crippen LogP contribution in [0.25, 0.3) is 11.3 Å². The monoisotopic (exact) mass is 252 g/mol. The van der Waals surface area contributed by atoms with Crippen molar-refractivity contribution < 1.29 is 9.26 Å². The molecule has 1 heterocycles. The van der Waals surface area contributed by atoms with Crippen molar-refractivity contribution in [2.45, 2.75) is 13.5 Å². The number of halogens is 1. The molecule has 0 atom stereocenters. The van der Waals surface area contributed by atoms with E-state index in [1.54, 1.807) is 19.2 Å². The van der Waals surface area contributed by atoms with Gasteiger partial charge in [-0.25, -0.2) is 0 Å². The quantitative estimate of drug-likeness (QED) is 0.912. The summed E-state index contributed by atoms with van der Waals surface area (Å²) in [6, 6.07) is 5.37. The molecule has 0 aliphatic carbocycles. The van der Waals surface area contributed by atoms with E-state index >= 15 is 0 Å². The van der Waals surface area contributed by atoms with E-state index in [1.807, 2.05) is 13.0 Å². The Balaban J connectivity index is 2.65. The van der Waals surface area contributed by atoms with Crippen molar-refractivity contribution in [3.63, 3.8) is 0 Å². The van der Waals surface area contributed by atoms with E-state index in [1.165, 1.54) is 0 Å². The SMILES string of the molecule is COc1cc(Cl)cc(CN)c1-c1cc(C)no1. The van der Waals surface area contributed by atoms with Crippen molar-refractivity contribution in [3.05, 3.63) is 34.5 Å². The summed E-state index contributed by atoms with van der Waals surface area (Å²) in [7, 11) is 1.58. The number of ether oxygens (including phenoxy) is 1. The zero-order valence-electron chi connectivity index (χ0n) is 9.66. The van der Waals surface area contributed by atoms with Gasteiger partial charge in [-0.05, 0) is 24.6 Å². The van der Waals surface area contributed by atoms with E-state index in [0.717, 1.165) is 16.8 Å². The minimum Gasteiger partial charge on any atom is -0.496 e. The highest BCUT2D eigenvalue weighted by atomic mass is 35.5. The average Bonchev–Trinajstić information content (AvgIpc) is 2.74. The largest absolute Gasteiger partial charge is 0.496 e. The molecule has 4 nitrogen and oxygen atoms in total. The van der Waals surface area contributed by atoms with Crippen molar-refractivity contribution >= 4 is 11.6 Å². The molecule has 0 amide bonds. The standard InChI is InChI=1S/C12H13ClN2O2/c1-7-3-11(17-15-7)12-8(6-14)4-9(13)5-10(12)16-2/h3-5H,6,14H2,1-2H3. The zero-order valence-corrected chi connectivity index (χ0v) is 10.4. The van der Waals surface area contributed by atoms with Gasteiger partial charge in [-0.1, -0.05) is 16.8 Å². The average molecular weight is 253 g/mol. The molecule has 0 bridgehead atoms. The molecule has 0 spiro atoms. The summed E-state index contributed by atoms with van der Waals surface area (Å²) in [4.78, 5) is 0. The third kappa shape index (κ3) is 2.28. The highest BCUT2D eigenvalue weighted by molar-refractivity contribution is 6.31. The Morgan fingerprint density at radius 1 is 1.41 bits per heavy atom. The number of benzene rings is 1. The molecule has 0 aliphatic heterocycles. The van der Waals surface area contributed by atoms with Gasteiger partial charge in [0.2, 0.25) is 0 Å². The van der Waals surface area contributed by atoms with Gasteiger partial charge < -0.3 is 15.0 Å². The minimum absolute atomic E-state index is 0.353. The molecule has 1 aromatic heterocycles. The van der Waals surface area contributed by atoms with Gasteiger partial charge in [0.1, 0.15) is 5.75 Å². The van der Waals surface area contributed by atoms with Crippen LogP contribution in [0.2, 0.25) is 5.02 Å². The normalized spacial score (nSPS) is 10.6. The first-order valence-corrected chi connectivity index (χ1v) is 5.53. The Morgan fingerprint density at radius 2 is 2.18 bits per heavy atom. The van der Waals surface area contributed by atoms with Crippen LogP contribution < -0.4 is 10.5 Å². The molecule has 0 radical (unpaired) electrons. The van der Waals surface area contributed by atoms with Crippen LogP contribution in [0.4, 0.5) is 0 Å². The third-order valence-corrected chi connectivity index (χ3v) is 2.68. The van der Waals surface area contributed by atoms with Gasteiger partial charge >= 0.3 is 0 Å². The lowest BCUT2D eigenvalue weighted by molar-refractivity contribution is 0.404. The maximum Gasteiger partial charge on any atom is 0.171 e. The summed E-state index contributed by atoms with van der Waals surface area (Å²) in [6.45, 7) is 2.21. The topological polar surface area (TPSA) is 61.3 Å². The second kappa shape index (κ2) is 4.77. The molecule has 5 heteroatoms. The molecular weight excluding hydrogens is 240 g/mol. The van der Waals surface area contributed by atoms with Crippen molar-refractivity contribution in [2.75, 3.05) is 7.11 Å². The number of aryl methyl sites for hydroxylation is 1. The number of nitrogens with zero attached hydrogens (tertiary/aromatic N) is 1. The predicted octanol–water partition coefficient (Wildman–Crippen LogP) is 2.77. The lowest BCUT2D eigenvalue weighted by atomic mass is 10.0. The van der Waals surface area contributed by atoms with Gasteiger partial charge in [0.05, 0.1) is 18.4 Å². The molecule has 2 aromatic rings. The van der Waals surface area contributed by atoms with Crippen molar-refractivity contribution in [1.82, 2.24) is 5.16 Å². The van der Waals surface area contributed by atoms with Gasteiger partial charge in [-0.2, -0.15) is 0 Å². The predicted molar refractivity (Wildman–Crippen MR) is 66.1 cm³/mol. The van der Waals surface area contributed by atoms with Gasteiger partial charge in [0.15, 0.2) is 5.76 Å². The van der Waals surface area contributed by atoms with Gasteiger partial charge in [0.25, 0.3) is 0 Å². The third-order valence-electron chi connectivity index (χ3n) is 2.46. The van der Waals surface area contributed by atoms with Crippen LogP contribution in [0.1, 0.15) is 11.3 Å². The van der Waals surface area contributed by atoms with E-state index < -0.39 is 0 Å².